The molecule has 4 aromatic rings. The van der Waals surface area contributed by atoms with Gasteiger partial charge in [0.15, 0.2) is 11.4 Å². The van der Waals surface area contributed by atoms with Gasteiger partial charge in [0.25, 0.3) is 0 Å². The summed E-state index contributed by atoms with van der Waals surface area (Å²) >= 11 is 1.44. The van der Waals surface area contributed by atoms with Gasteiger partial charge in [-0.1, -0.05) is 42.5 Å². The standard InChI is InChI=1S/C25H23N3O4S/c1-2-32-25(30)21-22(29)20-23(33-24(27-20)17-6-4-3-5-7-17)19(26-21)16-8-10-18(11-9-16)28-12-14-31-15-13-28/h3-11,29H,2,12-15H2,1H3. The van der Waals surface area contributed by atoms with Gasteiger partial charge in [0, 0.05) is 29.9 Å². The van der Waals surface area contributed by atoms with Crippen LogP contribution >= 0.6 is 11.3 Å². The van der Waals surface area contributed by atoms with E-state index in [1.54, 1.807) is 6.92 Å². The SMILES string of the molecule is CCOC(=O)c1nc(-c2ccc(N3CCOCC3)cc2)c2sc(-c3ccccc3)nc2c1O. The molecule has 1 fully saturated rings. The highest BCUT2D eigenvalue weighted by molar-refractivity contribution is 7.22. The van der Waals surface area contributed by atoms with E-state index in [-0.39, 0.29) is 18.1 Å². The van der Waals surface area contributed by atoms with Crippen LogP contribution < -0.4 is 4.90 Å². The lowest BCUT2D eigenvalue weighted by Crippen LogP contribution is -2.36. The number of pyridine rings is 1. The molecule has 2 aromatic heterocycles. The minimum absolute atomic E-state index is 0.124. The smallest absolute Gasteiger partial charge is 0.360 e. The fourth-order valence-corrected chi connectivity index (χ4v) is 4.95. The van der Waals surface area contributed by atoms with Gasteiger partial charge in [0.05, 0.1) is 30.2 Å². The normalized spacial score (nSPS) is 13.9. The minimum atomic E-state index is -0.669. The van der Waals surface area contributed by atoms with Crippen molar-refractivity contribution in [3.05, 3.63) is 60.3 Å². The number of aromatic hydroxyl groups is 1. The first-order valence-electron chi connectivity index (χ1n) is 10.8. The molecule has 7 nitrogen and oxygen atoms in total. The highest BCUT2D eigenvalue weighted by Crippen LogP contribution is 2.41. The van der Waals surface area contributed by atoms with Gasteiger partial charge in [-0.2, -0.15) is 0 Å². The van der Waals surface area contributed by atoms with Crippen LogP contribution in [-0.4, -0.2) is 54.0 Å². The number of carbonyl (C=O) groups excluding carboxylic acids is 1. The Labute approximate surface area is 195 Å². The summed E-state index contributed by atoms with van der Waals surface area (Å²) in [7, 11) is 0. The molecule has 0 saturated carbocycles. The summed E-state index contributed by atoms with van der Waals surface area (Å²) in [5.41, 5.74) is 3.71. The highest BCUT2D eigenvalue weighted by Gasteiger charge is 2.24. The summed E-state index contributed by atoms with van der Waals surface area (Å²) in [5, 5.41) is 11.6. The molecule has 0 aliphatic carbocycles. The summed E-state index contributed by atoms with van der Waals surface area (Å²) in [4.78, 5) is 24.0. The van der Waals surface area contributed by atoms with Crippen LogP contribution in [0.2, 0.25) is 0 Å². The first-order valence-corrected chi connectivity index (χ1v) is 11.7. The van der Waals surface area contributed by atoms with Crippen molar-refractivity contribution in [1.29, 1.82) is 0 Å². The Balaban J connectivity index is 1.63. The molecule has 1 aliphatic heterocycles. The predicted octanol–water partition coefficient (Wildman–Crippen LogP) is 4.74. The van der Waals surface area contributed by atoms with Gasteiger partial charge in [-0.15, -0.1) is 11.3 Å². The van der Waals surface area contributed by atoms with E-state index in [1.165, 1.54) is 11.3 Å². The fourth-order valence-electron chi connectivity index (χ4n) is 3.86. The molecule has 0 atom stereocenters. The number of aromatic nitrogens is 2. The third kappa shape index (κ3) is 4.15. The van der Waals surface area contributed by atoms with Gasteiger partial charge in [0.1, 0.15) is 10.5 Å². The second-order valence-corrected chi connectivity index (χ2v) is 8.59. The Morgan fingerprint density at radius 3 is 2.48 bits per heavy atom. The topological polar surface area (TPSA) is 84.8 Å². The van der Waals surface area contributed by atoms with E-state index in [9.17, 15) is 9.90 Å². The van der Waals surface area contributed by atoms with Crippen LogP contribution in [0.5, 0.6) is 5.75 Å². The van der Waals surface area contributed by atoms with Crippen LogP contribution in [0, 0.1) is 0 Å². The largest absolute Gasteiger partial charge is 0.504 e. The lowest BCUT2D eigenvalue weighted by Gasteiger charge is -2.28. The van der Waals surface area contributed by atoms with Crippen molar-refractivity contribution in [3.63, 3.8) is 0 Å². The summed E-state index contributed by atoms with van der Waals surface area (Å²) in [5.74, 6) is -0.923. The quantitative estimate of drug-likeness (QED) is 0.430. The van der Waals surface area contributed by atoms with Crippen LogP contribution in [0.3, 0.4) is 0 Å². The number of ether oxygens (including phenoxy) is 2. The van der Waals surface area contributed by atoms with Crippen LogP contribution in [0.25, 0.3) is 32.0 Å². The number of rotatable bonds is 5. The van der Waals surface area contributed by atoms with Gasteiger partial charge < -0.3 is 19.5 Å². The molecule has 2 aromatic carbocycles. The number of anilines is 1. The second-order valence-electron chi connectivity index (χ2n) is 7.59. The van der Waals surface area contributed by atoms with Crippen molar-refractivity contribution in [2.75, 3.05) is 37.8 Å². The van der Waals surface area contributed by atoms with Crippen LogP contribution in [-0.2, 0) is 9.47 Å². The van der Waals surface area contributed by atoms with Gasteiger partial charge >= 0.3 is 5.97 Å². The number of hydrogen-bond acceptors (Lipinski definition) is 8. The van der Waals surface area contributed by atoms with Crippen LogP contribution in [0.4, 0.5) is 5.69 Å². The van der Waals surface area contributed by atoms with Crippen LogP contribution in [0.15, 0.2) is 54.6 Å². The first kappa shape index (κ1) is 21.4. The van der Waals surface area contributed by atoms with Crippen molar-refractivity contribution in [2.45, 2.75) is 6.92 Å². The van der Waals surface area contributed by atoms with E-state index in [1.807, 2.05) is 54.6 Å². The molecule has 1 saturated heterocycles. The van der Waals surface area contributed by atoms with Crippen molar-refractivity contribution < 1.29 is 19.4 Å². The summed E-state index contributed by atoms with van der Waals surface area (Å²) < 4.78 is 11.3. The predicted molar refractivity (Wildman–Crippen MR) is 129 cm³/mol. The molecule has 0 amide bonds. The maximum Gasteiger partial charge on any atom is 0.360 e. The van der Waals surface area contributed by atoms with E-state index >= 15 is 0 Å². The molecule has 168 valence electrons. The number of benzene rings is 2. The maximum absolute atomic E-state index is 12.5. The lowest BCUT2D eigenvalue weighted by molar-refractivity contribution is 0.0516. The average molecular weight is 462 g/mol. The third-order valence-electron chi connectivity index (χ3n) is 5.52. The summed E-state index contributed by atoms with van der Waals surface area (Å²) in [6.07, 6.45) is 0. The monoisotopic (exact) mass is 461 g/mol. The number of nitrogens with zero attached hydrogens (tertiary/aromatic N) is 3. The molecular weight excluding hydrogens is 438 g/mol. The fraction of sp³-hybridized carbons (Fsp3) is 0.240. The lowest BCUT2D eigenvalue weighted by atomic mass is 10.1. The number of morpholine rings is 1. The number of thiazole rings is 1. The molecule has 3 heterocycles. The van der Waals surface area contributed by atoms with E-state index in [2.05, 4.69) is 14.9 Å². The van der Waals surface area contributed by atoms with Crippen molar-refractivity contribution in [3.8, 4) is 27.6 Å². The molecule has 0 radical (unpaired) electrons. The van der Waals surface area contributed by atoms with Crippen LogP contribution in [0.1, 0.15) is 17.4 Å². The van der Waals surface area contributed by atoms with Gasteiger partial charge in [-0.3, -0.25) is 0 Å². The molecule has 1 aliphatic rings. The zero-order valence-corrected chi connectivity index (χ0v) is 19.0. The Morgan fingerprint density at radius 2 is 1.79 bits per heavy atom. The van der Waals surface area contributed by atoms with Crippen molar-refractivity contribution in [1.82, 2.24) is 9.97 Å². The molecule has 0 unspecified atom stereocenters. The van der Waals surface area contributed by atoms with Gasteiger partial charge in [-0.05, 0) is 19.1 Å². The Morgan fingerprint density at radius 1 is 1.06 bits per heavy atom. The molecule has 33 heavy (non-hydrogen) atoms. The molecule has 5 rings (SSSR count). The van der Waals surface area contributed by atoms with Gasteiger partial charge in [-0.25, -0.2) is 14.8 Å². The number of esters is 1. The maximum atomic E-state index is 12.5. The zero-order valence-electron chi connectivity index (χ0n) is 18.2. The minimum Gasteiger partial charge on any atom is -0.504 e. The van der Waals surface area contributed by atoms with Gasteiger partial charge in [0.2, 0.25) is 0 Å². The molecule has 0 spiro atoms. The van der Waals surface area contributed by atoms with Crippen molar-refractivity contribution in [2.24, 2.45) is 0 Å². The summed E-state index contributed by atoms with van der Waals surface area (Å²) in [6, 6.07) is 17.8. The second kappa shape index (κ2) is 9.17. The Hall–Kier alpha value is -3.49. The van der Waals surface area contributed by atoms with E-state index in [4.69, 9.17) is 9.47 Å². The molecular formula is C25H23N3O4S. The van der Waals surface area contributed by atoms with E-state index < -0.39 is 5.97 Å². The molecule has 0 bridgehead atoms. The zero-order chi connectivity index (χ0) is 22.8. The number of fused-ring (bicyclic) bond motifs is 1. The average Bonchev–Trinajstić information content (AvgIpc) is 3.32. The first-order chi connectivity index (χ1) is 16.2. The Kier molecular flexibility index (Phi) is 5.93. The third-order valence-corrected chi connectivity index (χ3v) is 6.63. The number of carbonyl (C=O) groups is 1. The molecule has 1 N–H and O–H groups in total. The Bertz CT molecular complexity index is 1280. The van der Waals surface area contributed by atoms with E-state index in [0.29, 0.717) is 24.4 Å². The highest BCUT2D eigenvalue weighted by atomic mass is 32.1. The summed E-state index contributed by atoms with van der Waals surface area (Å²) in [6.45, 7) is 5.04. The molecule has 8 heteroatoms. The van der Waals surface area contributed by atoms with E-state index in [0.717, 1.165) is 39.6 Å². The number of hydrogen-bond donors (Lipinski definition) is 1. The van der Waals surface area contributed by atoms with Crippen molar-refractivity contribution >= 4 is 33.2 Å².